The Bertz CT molecular complexity index is 777. The molecule has 1 aliphatic heterocycles. The molecular formula is C23H31N3O2. The van der Waals surface area contributed by atoms with Crippen LogP contribution in [0.4, 0.5) is 5.69 Å². The van der Waals surface area contributed by atoms with Gasteiger partial charge in [0.25, 0.3) is 0 Å². The summed E-state index contributed by atoms with van der Waals surface area (Å²) in [6.07, 6.45) is 2.28. The van der Waals surface area contributed by atoms with Crippen LogP contribution in [0.1, 0.15) is 43.9 Å². The van der Waals surface area contributed by atoms with Crippen LogP contribution >= 0.6 is 0 Å². The maximum Gasteiger partial charge on any atom is 0.226 e. The van der Waals surface area contributed by atoms with Crippen LogP contribution in [0.25, 0.3) is 0 Å². The Balaban J connectivity index is 1.72. The van der Waals surface area contributed by atoms with Crippen LogP contribution in [0.15, 0.2) is 48.5 Å². The molecule has 0 saturated carbocycles. The van der Waals surface area contributed by atoms with Gasteiger partial charge in [-0.2, -0.15) is 0 Å². The first kappa shape index (κ1) is 20.4. The monoisotopic (exact) mass is 381 g/mol. The largest absolute Gasteiger partial charge is 0.496 e. The fraction of sp³-hybridized carbons (Fsp3) is 0.435. The van der Waals surface area contributed by atoms with Gasteiger partial charge in [-0.3, -0.25) is 4.79 Å². The third-order valence-corrected chi connectivity index (χ3v) is 5.24. The first-order valence-electron chi connectivity index (χ1n) is 10.1. The van der Waals surface area contributed by atoms with E-state index in [-0.39, 0.29) is 11.8 Å². The molecular weight excluding hydrogens is 350 g/mol. The Hall–Kier alpha value is -2.37. The number of hydrogen-bond donors (Lipinski definition) is 3. The topological polar surface area (TPSA) is 62.4 Å². The van der Waals surface area contributed by atoms with E-state index < -0.39 is 0 Å². The molecule has 3 rings (SSSR count). The number of nitrogens with one attached hydrogen (secondary N) is 3. The Labute approximate surface area is 167 Å². The van der Waals surface area contributed by atoms with Crippen LogP contribution in [0.2, 0.25) is 0 Å². The van der Waals surface area contributed by atoms with E-state index >= 15 is 0 Å². The Morgan fingerprint density at radius 1 is 1.21 bits per heavy atom. The molecule has 5 heteroatoms. The van der Waals surface area contributed by atoms with Crippen LogP contribution in [0.5, 0.6) is 5.75 Å². The lowest BCUT2D eigenvalue weighted by Crippen LogP contribution is -2.45. The first-order chi connectivity index (χ1) is 13.6. The summed E-state index contributed by atoms with van der Waals surface area (Å²) < 4.78 is 5.54. The SMILES string of the molecule is COc1ccc(NC(=O)C(C)C)cc1CN[C@H]1CCCN[C@H]1c1ccccc1. The van der Waals surface area contributed by atoms with Gasteiger partial charge in [0.2, 0.25) is 5.91 Å². The smallest absolute Gasteiger partial charge is 0.226 e. The normalized spacial score (nSPS) is 19.4. The highest BCUT2D eigenvalue weighted by molar-refractivity contribution is 5.92. The lowest BCUT2D eigenvalue weighted by molar-refractivity contribution is -0.118. The van der Waals surface area contributed by atoms with Gasteiger partial charge in [0, 0.05) is 35.8 Å². The third kappa shape index (κ3) is 5.12. The van der Waals surface area contributed by atoms with Crippen LogP contribution in [0.3, 0.4) is 0 Å². The number of methoxy groups -OCH3 is 1. The van der Waals surface area contributed by atoms with Gasteiger partial charge in [-0.25, -0.2) is 0 Å². The van der Waals surface area contributed by atoms with Gasteiger partial charge in [-0.05, 0) is 43.1 Å². The molecule has 0 bridgehead atoms. The summed E-state index contributed by atoms with van der Waals surface area (Å²) in [6, 6.07) is 17.0. The summed E-state index contributed by atoms with van der Waals surface area (Å²) in [5, 5.41) is 10.3. The lowest BCUT2D eigenvalue weighted by atomic mass is 9.92. The molecule has 2 atom stereocenters. The van der Waals surface area contributed by atoms with Gasteiger partial charge >= 0.3 is 0 Å². The van der Waals surface area contributed by atoms with Crippen molar-refractivity contribution in [3.63, 3.8) is 0 Å². The summed E-state index contributed by atoms with van der Waals surface area (Å²) in [4.78, 5) is 12.0. The van der Waals surface area contributed by atoms with Crippen molar-refractivity contribution in [2.24, 2.45) is 5.92 Å². The highest BCUT2D eigenvalue weighted by Crippen LogP contribution is 2.26. The van der Waals surface area contributed by atoms with Gasteiger partial charge in [-0.15, -0.1) is 0 Å². The van der Waals surface area contributed by atoms with E-state index in [9.17, 15) is 4.79 Å². The summed E-state index contributed by atoms with van der Waals surface area (Å²) in [6.45, 7) is 5.50. The summed E-state index contributed by atoms with van der Waals surface area (Å²) in [7, 11) is 1.68. The quantitative estimate of drug-likeness (QED) is 0.681. The molecule has 2 aromatic rings. The predicted molar refractivity (Wildman–Crippen MR) is 114 cm³/mol. The average Bonchev–Trinajstić information content (AvgIpc) is 2.73. The third-order valence-electron chi connectivity index (χ3n) is 5.24. The number of anilines is 1. The molecule has 0 aliphatic carbocycles. The molecule has 0 unspecified atom stereocenters. The highest BCUT2D eigenvalue weighted by Gasteiger charge is 2.25. The van der Waals surface area contributed by atoms with E-state index in [0.29, 0.717) is 18.6 Å². The molecule has 1 amide bonds. The van der Waals surface area contributed by atoms with Crippen molar-refractivity contribution >= 4 is 11.6 Å². The zero-order valence-corrected chi connectivity index (χ0v) is 17.0. The lowest BCUT2D eigenvalue weighted by Gasteiger charge is -2.34. The number of amides is 1. The molecule has 28 heavy (non-hydrogen) atoms. The zero-order chi connectivity index (χ0) is 19.9. The van der Waals surface area contributed by atoms with Gasteiger partial charge < -0.3 is 20.7 Å². The molecule has 2 aromatic carbocycles. The minimum Gasteiger partial charge on any atom is -0.496 e. The Kier molecular flexibility index (Phi) is 7.06. The van der Waals surface area contributed by atoms with E-state index in [1.165, 1.54) is 5.56 Å². The number of carbonyl (C=O) groups is 1. The van der Waals surface area contributed by atoms with E-state index in [0.717, 1.165) is 36.4 Å². The van der Waals surface area contributed by atoms with E-state index in [4.69, 9.17) is 4.74 Å². The van der Waals surface area contributed by atoms with Crippen LogP contribution in [-0.4, -0.2) is 25.6 Å². The average molecular weight is 382 g/mol. The van der Waals surface area contributed by atoms with Crippen molar-refractivity contribution in [1.82, 2.24) is 10.6 Å². The maximum absolute atomic E-state index is 12.0. The van der Waals surface area contributed by atoms with Gasteiger partial charge in [-0.1, -0.05) is 44.2 Å². The second-order valence-electron chi connectivity index (χ2n) is 7.64. The molecule has 1 aliphatic rings. The zero-order valence-electron chi connectivity index (χ0n) is 17.0. The van der Waals surface area contributed by atoms with Gasteiger partial charge in [0.1, 0.15) is 5.75 Å². The number of carbonyl (C=O) groups excluding carboxylic acids is 1. The van der Waals surface area contributed by atoms with Crippen LogP contribution in [0, 0.1) is 5.92 Å². The number of rotatable bonds is 7. The Morgan fingerprint density at radius 3 is 2.71 bits per heavy atom. The molecule has 5 nitrogen and oxygen atoms in total. The molecule has 150 valence electrons. The number of hydrogen-bond acceptors (Lipinski definition) is 4. The standard InChI is InChI=1S/C23H31N3O2/c1-16(2)23(27)26-19-11-12-21(28-3)18(14-19)15-25-20-10-7-13-24-22(20)17-8-5-4-6-9-17/h4-6,8-9,11-12,14,16,20,22,24-25H,7,10,13,15H2,1-3H3,(H,26,27)/t20-,22-/m0/s1. The fourth-order valence-corrected chi connectivity index (χ4v) is 3.64. The summed E-state index contributed by atoms with van der Waals surface area (Å²) in [5.41, 5.74) is 3.16. The van der Waals surface area contributed by atoms with Crippen molar-refractivity contribution in [2.45, 2.75) is 45.3 Å². The van der Waals surface area contributed by atoms with Gasteiger partial charge in [0.15, 0.2) is 0 Å². The highest BCUT2D eigenvalue weighted by atomic mass is 16.5. The molecule has 1 heterocycles. The second kappa shape index (κ2) is 9.71. The molecule has 0 radical (unpaired) electrons. The van der Waals surface area contributed by atoms with Crippen molar-refractivity contribution in [3.8, 4) is 5.75 Å². The van der Waals surface area contributed by atoms with Crippen molar-refractivity contribution in [1.29, 1.82) is 0 Å². The van der Waals surface area contributed by atoms with E-state index in [1.54, 1.807) is 7.11 Å². The number of benzene rings is 2. The van der Waals surface area contributed by atoms with Crippen molar-refractivity contribution < 1.29 is 9.53 Å². The summed E-state index contributed by atoms with van der Waals surface area (Å²) in [5.74, 6) is 0.795. The second-order valence-corrected chi connectivity index (χ2v) is 7.64. The summed E-state index contributed by atoms with van der Waals surface area (Å²) >= 11 is 0. The maximum atomic E-state index is 12.0. The molecule has 3 N–H and O–H groups in total. The van der Waals surface area contributed by atoms with Crippen molar-refractivity contribution in [3.05, 3.63) is 59.7 Å². The molecule has 0 spiro atoms. The Morgan fingerprint density at radius 2 is 2.00 bits per heavy atom. The fourth-order valence-electron chi connectivity index (χ4n) is 3.64. The first-order valence-corrected chi connectivity index (χ1v) is 10.1. The van der Waals surface area contributed by atoms with E-state index in [2.05, 4.69) is 46.3 Å². The minimum absolute atomic E-state index is 0.0182. The molecule has 1 saturated heterocycles. The van der Waals surface area contributed by atoms with Gasteiger partial charge in [0.05, 0.1) is 7.11 Å². The van der Waals surface area contributed by atoms with E-state index in [1.807, 2.05) is 32.0 Å². The predicted octanol–water partition coefficient (Wildman–Crippen LogP) is 3.87. The van der Waals surface area contributed by atoms with Crippen molar-refractivity contribution in [2.75, 3.05) is 19.0 Å². The number of piperidine rings is 1. The minimum atomic E-state index is -0.0522. The molecule has 0 aromatic heterocycles. The number of ether oxygens (including phenoxy) is 1. The van der Waals surface area contributed by atoms with Crippen LogP contribution in [-0.2, 0) is 11.3 Å². The van der Waals surface area contributed by atoms with Crippen LogP contribution < -0.4 is 20.7 Å². The molecule has 1 fully saturated rings.